The zero-order valence-electron chi connectivity index (χ0n) is 11.7. The van der Waals surface area contributed by atoms with Gasteiger partial charge in [-0.3, -0.25) is 9.59 Å². The quantitative estimate of drug-likeness (QED) is 0.636. The van der Waals surface area contributed by atoms with Crippen molar-refractivity contribution in [3.05, 3.63) is 35.6 Å². The van der Waals surface area contributed by atoms with Crippen LogP contribution in [0.4, 0.5) is 4.39 Å². The number of carboxylic acid groups (broad SMARTS) is 1. The number of likely N-dealkylation sites (tertiary alicyclic amines) is 1. The Hall–Kier alpha value is -1.76. The molecule has 2 atom stereocenters. The number of carbonyl (C=O) groups excluding carboxylic acids is 2. The van der Waals surface area contributed by atoms with Gasteiger partial charge in [0.25, 0.3) is 0 Å². The average molecular weight is 372 g/mol. The molecule has 5 nitrogen and oxygen atoms in total. The molecule has 7 heteroatoms. The molecule has 0 bridgehead atoms. The maximum atomic E-state index is 12.8. The number of ketones is 1. The molecule has 118 valence electrons. The number of hydrogen-bond donors (Lipinski definition) is 1. The monoisotopic (exact) mass is 371 g/mol. The van der Waals surface area contributed by atoms with E-state index < -0.39 is 22.7 Å². The molecule has 2 rings (SSSR count). The first-order valence-corrected chi connectivity index (χ1v) is 7.78. The highest BCUT2D eigenvalue weighted by molar-refractivity contribution is 9.10. The van der Waals surface area contributed by atoms with Gasteiger partial charge < -0.3 is 10.0 Å². The molecule has 1 fully saturated rings. The van der Waals surface area contributed by atoms with Crippen LogP contribution in [-0.4, -0.2) is 45.1 Å². The van der Waals surface area contributed by atoms with Crippen LogP contribution in [0.25, 0.3) is 0 Å². The van der Waals surface area contributed by atoms with E-state index in [1.807, 2.05) is 0 Å². The number of rotatable bonds is 5. The zero-order valence-corrected chi connectivity index (χ0v) is 13.3. The number of hydrogen-bond acceptors (Lipinski definition) is 3. The first-order valence-electron chi connectivity index (χ1n) is 6.86. The Balaban J connectivity index is 2.00. The molecule has 0 radical (unpaired) electrons. The van der Waals surface area contributed by atoms with Crippen LogP contribution < -0.4 is 0 Å². The fourth-order valence-electron chi connectivity index (χ4n) is 2.48. The third-order valence-corrected chi connectivity index (χ3v) is 4.36. The standard InChI is InChI=1S/C15H15BrFNO4/c16-11(14(20)9-3-5-10(17)6-4-9)8-13(19)18-7-1-2-12(18)15(21)22/h3-6,11-12H,1-2,7-8H2,(H,21,22)/t11?,12-/m0/s1. The van der Waals surface area contributed by atoms with E-state index in [2.05, 4.69) is 15.9 Å². The predicted molar refractivity (Wildman–Crippen MR) is 80.4 cm³/mol. The molecule has 1 aliphatic rings. The number of carboxylic acids is 1. The number of benzene rings is 1. The number of Topliss-reactive ketones (excluding diaryl/α,β-unsaturated/α-hetero) is 1. The third-order valence-electron chi connectivity index (χ3n) is 3.63. The highest BCUT2D eigenvalue weighted by Gasteiger charge is 2.35. The second kappa shape index (κ2) is 7.00. The maximum Gasteiger partial charge on any atom is 0.326 e. The molecule has 1 unspecified atom stereocenters. The normalized spacial score (nSPS) is 19.0. The van der Waals surface area contributed by atoms with Gasteiger partial charge in [0.2, 0.25) is 5.91 Å². The average Bonchev–Trinajstić information content (AvgIpc) is 2.97. The van der Waals surface area contributed by atoms with Gasteiger partial charge in [-0.15, -0.1) is 0 Å². The number of halogens is 2. The van der Waals surface area contributed by atoms with Crippen LogP contribution in [0.3, 0.4) is 0 Å². The second-order valence-electron chi connectivity index (χ2n) is 5.13. The second-order valence-corrected chi connectivity index (χ2v) is 6.23. The van der Waals surface area contributed by atoms with Crippen molar-refractivity contribution >= 4 is 33.6 Å². The molecular weight excluding hydrogens is 357 g/mol. The molecular formula is C15H15BrFNO4. The summed E-state index contributed by atoms with van der Waals surface area (Å²) in [4.78, 5) is 36.0. The van der Waals surface area contributed by atoms with Crippen molar-refractivity contribution in [3.8, 4) is 0 Å². The summed E-state index contributed by atoms with van der Waals surface area (Å²) in [5.74, 6) is -2.18. The summed E-state index contributed by atoms with van der Waals surface area (Å²) in [6, 6.07) is 4.25. The molecule has 0 aliphatic carbocycles. The topological polar surface area (TPSA) is 74.7 Å². The Bertz CT molecular complexity index is 590. The summed E-state index contributed by atoms with van der Waals surface area (Å²) in [5.41, 5.74) is 0.298. The molecule has 1 heterocycles. The van der Waals surface area contributed by atoms with Gasteiger partial charge >= 0.3 is 5.97 Å². The van der Waals surface area contributed by atoms with Crippen LogP contribution >= 0.6 is 15.9 Å². The van der Waals surface area contributed by atoms with Crippen molar-refractivity contribution in [1.29, 1.82) is 0 Å². The summed E-state index contributed by atoms with van der Waals surface area (Å²) in [5, 5.41) is 9.07. The number of aliphatic carboxylic acids is 1. The van der Waals surface area contributed by atoms with Crippen molar-refractivity contribution in [3.63, 3.8) is 0 Å². The fourth-order valence-corrected chi connectivity index (χ4v) is 3.02. The van der Waals surface area contributed by atoms with Gasteiger partial charge in [0, 0.05) is 18.5 Å². The largest absolute Gasteiger partial charge is 0.480 e. The Morgan fingerprint density at radius 2 is 1.95 bits per heavy atom. The lowest BCUT2D eigenvalue weighted by Crippen LogP contribution is -2.41. The first kappa shape index (κ1) is 16.6. The predicted octanol–water partition coefficient (Wildman–Crippen LogP) is 2.24. The molecule has 22 heavy (non-hydrogen) atoms. The number of alkyl halides is 1. The van der Waals surface area contributed by atoms with Gasteiger partial charge in [0.15, 0.2) is 5.78 Å². The molecule has 0 saturated carbocycles. The highest BCUT2D eigenvalue weighted by Crippen LogP contribution is 2.21. The lowest BCUT2D eigenvalue weighted by Gasteiger charge is -2.22. The Morgan fingerprint density at radius 1 is 1.32 bits per heavy atom. The van der Waals surface area contributed by atoms with E-state index in [0.717, 1.165) is 0 Å². The number of carbonyl (C=O) groups is 3. The van der Waals surface area contributed by atoms with Crippen molar-refractivity contribution in [2.75, 3.05) is 6.54 Å². The Kier molecular flexibility index (Phi) is 5.28. The van der Waals surface area contributed by atoms with E-state index in [4.69, 9.17) is 5.11 Å². The molecule has 0 aromatic heterocycles. The molecule has 0 spiro atoms. The lowest BCUT2D eigenvalue weighted by molar-refractivity contribution is -0.148. The smallest absolute Gasteiger partial charge is 0.326 e. The minimum atomic E-state index is -1.03. The van der Waals surface area contributed by atoms with E-state index in [1.165, 1.54) is 29.2 Å². The maximum absolute atomic E-state index is 12.8. The minimum Gasteiger partial charge on any atom is -0.480 e. The molecule has 1 aromatic rings. The minimum absolute atomic E-state index is 0.125. The van der Waals surface area contributed by atoms with Crippen molar-refractivity contribution in [2.45, 2.75) is 30.1 Å². The highest BCUT2D eigenvalue weighted by atomic mass is 79.9. The first-order chi connectivity index (χ1) is 10.4. The number of nitrogens with zero attached hydrogens (tertiary/aromatic N) is 1. The zero-order chi connectivity index (χ0) is 16.3. The van der Waals surface area contributed by atoms with Gasteiger partial charge in [0.1, 0.15) is 11.9 Å². The summed E-state index contributed by atoms with van der Waals surface area (Å²) >= 11 is 3.16. The van der Waals surface area contributed by atoms with Crippen LogP contribution in [0, 0.1) is 5.82 Å². The van der Waals surface area contributed by atoms with Gasteiger partial charge in [-0.2, -0.15) is 0 Å². The van der Waals surface area contributed by atoms with E-state index in [9.17, 15) is 18.8 Å². The van der Waals surface area contributed by atoms with Gasteiger partial charge in [-0.05, 0) is 37.1 Å². The molecule has 1 saturated heterocycles. The summed E-state index contributed by atoms with van der Waals surface area (Å²) in [6.45, 7) is 0.389. The SMILES string of the molecule is O=C(c1ccc(F)cc1)C(Br)CC(=O)N1CCC[C@H]1C(=O)O. The lowest BCUT2D eigenvalue weighted by atomic mass is 10.1. The van der Waals surface area contributed by atoms with Crippen molar-refractivity contribution < 1.29 is 23.9 Å². The van der Waals surface area contributed by atoms with Gasteiger partial charge in [0.05, 0.1) is 4.83 Å². The fraction of sp³-hybridized carbons (Fsp3) is 0.400. The van der Waals surface area contributed by atoms with E-state index in [-0.39, 0.29) is 18.1 Å². The third kappa shape index (κ3) is 3.71. The van der Waals surface area contributed by atoms with E-state index >= 15 is 0 Å². The molecule has 1 N–H and O–H groups in total. The van der Waals surface area contributed by atoms with Gasteiger partial charge in [-0.1, -0.05) is 15.9 Å². The van der Waals surface area contributed by atoms with Crippen LogP contribution in [0.15, 0.2) is 24.3 Å². The molecule has 1 aromatic carbocycles. The van der Waals surface area contributed by atoms with Gasteiger partial charge in [-0.25, -0.2) is 9.18 Å². The number of amides is 1. The van der Waals surface area contributed by atoms with Crippen molar-refractivity contribution in [1.82, 2.24) is 4.90 Å². The van der Waals surface area contributed by atoms with Crippen LogP contribution in [0.5, 0.6) is 0 Å². The Labute approximate surface area is 135 Å². The summed E-state index contributed by atoms with van der Waals surface area (Å²) < 4.78 is 12.8. The van der Waals surface area contributed by atoms with Crippen LogP contribution in [0.2, 0.25) is 0 Å². The van der Waals surface area contributed by atoms with Crippen LogP contribution in [0.1, 0.15) is 29.6 Å². The van der Waals surface area contributed by atoms with Crippen molar-refractivity contribution in [2.24, 2.45) is 0 Å². The van der Waals surface area contributed by atoms with Crippen LogP contribution in [-0.2, 0) is 9.59 Å². The van der Waals surface area contributed by atoms with E-state index in [0.29, 0.717) is 24.9 Å². The summed E-state index contributed by atoms with van der Waals surface area (Å²) in [6.07, 6.45) is 0.946. The molecule has 1 amide bonds. The van der Waals surface area contributed by atoms with E-state index in [1.54, 1.807) is 0 Å². The summed E-state index contributed by atoms with van der Waals surface area (Å²) in [7, 11) is 0. The molecule has 1 aliphatic heterocycles. The Morgan fingerprint density at radius 3 is 2.55 bits per heavy atom.